The van der Waals surface area contributed by atoms with Crippen LogP contribution in [0.1, 0.15) is 29.1 Å². The molecule has 12 heteroatoms. The minimum atomic E-state index is -0.851. The molecule has 1 aromatic heterocycles. The molecular weight excluding hydrogens is 574 g/mol. The normalized spacial score (nSPS) is 13.5. The predicted octanol–water partition coefficient (Wildman–Crippen LogP) is 6.31. The van der Waals surface area contributed by atoms with E-state index in [2.05, 4.69) is 5.32 Å². The van der Waals surface area contributed by atoms with Crippen LogP contribution in [0.25, 0.3) is 11.1 Å². The zero-order chi connectivity index (χ0) is 30.9. The number of fused-ring (bicyclic) bond motifs is 1. The number of hydrogen-bond acceptors (Lipinski definition) is 10. The van der Waals surface area contributed by atoms with Gasteiger partial charge in [0.25, 0.3) is 11.6 Å². The molecule has 1 N–H and O–H groups in total. The molecule has 0 bridgehead atoms. The summed E-state index contributed by atoms with van der Waals surface area (Å²) in [6, 6.07) is 16.3. The fourth-order valence-corrected chi connectivity index (χ4v) is 5.58. The van der Waals surface area contributed by atoms with Crippen molar-refractivity contribution in [1.82, 2.24) is 0 Å². The molecule has 1 aliphatic rings. The number of anilines is 2. The van der Waals surface area contributed by atoms with E-state index in [0.717, 1.165) is 0 Å². The SMILES string of the molecule is COc1ccc([N+](=O)[O-])cc1OCc1c(-c2ccc(OC(=O)c3cccs3)cc2OC)ccc2c1N(C)C(=O)C(C)(C)N2. The van der Waals surface area contributed by atoms with Gasteiger partial charge in [0.2, 0.25) is 0 Å². The Morgan fingerprint density at radius 2 is 1.74 bits per heavy atom. The first-order valence-electron chi connectivity index (χ1n) is 13.2. The molecule has 0 fully saturated rings. The van der Waals surface area contributed by atoms with Crippen LogP contribution in [0.4, 0.5) is 17.1 Å². The highest BCUT2D eigenvalue weighted by Crippen LogP contribution is 2.45. The van der Waals surface area contributed by atoms with Crippen molar-refractivity contribution in [3.05, 3.63) is 86.6 Å². The summed E-state index contributed by atoms with van der Waals surface area (Å²) < 4.78 is 22.8. The van der Waals surface area contributed by atoms with Crippen molar-refractivity contribution in [3.63, 3.8) is 0 Å². The van der Waals surface area contributed by atoms with Crippen LogP contribution in [0.2, 0.25) is 0 Å². The molecule has 0 atom stereocenters. The third-order valence-electron chi connectivity index (χ3n) is 7.03. The van der Waals surface area contributed by atoms with Gasteiger partial charge in [-0.25, -0.2) is 4.79 Å². The third-order valence-corrected chi connectivity index (χ3v) is 7.88. The van der Waals surface area contributed by atoms with Gasteiger partial charge in [0.05, 0.1) is 36.6 Å². The van der Waals surface area contributed by atoms with E-state index in [1.165, 1.54) is 43.8 Å². The standard InChI is InChI=1S/C31H29N3O8S/c1-31(2)30(36)33(3)28-22(17-41-26-15-18(34(37)38)8-13-24(26)39-4)20(11-12-23(28)32-31)21-10-9-19(16-25(21)40-5)42-29(35)27-7-6-14-43-27/h6-16,32H,17H2,1-5H3. The summed E-state index contributed by atoms with van der Waals surface area (Å²) in [6.45, 7) is 3.52. The highest BCUT2D eigenvalue weighted by atomic mass is 32.1. The van der Waals surface area contributed by atoms with Gasteiger partial charge >= 0.3 is 5.97 Å². The Bertz CT molecular complexity index is 1720. The number of nitro benzene ring substituents is 1. The van der Waals surface area contributed by atoms with Gasteiger partial charge in [0.1, 0.15) is 28.5 Å². The molecule has 0 spiro atoms. The van der Waals surface area contributed by atoms with Gasteiger partial charge in [-0.05, 0) is 55.1 Å². The highest BCUT2D eigenvalue weighted by Gasteiger charge is 2.39. The fourth-order valence-electron chi connectivity index (χ4n) is 4.98. The Labute approximate surface area is 251 Å². The largest absolute Gasteiger partial charge is 0.496 e. The van der Waals surface area contributed by atoms with Crippen LogP contribution < -0.4 is 29.2 Å². The molecule has 1 amide bonds. The quantitative estimate of drug-likeness (QED) is 0.101. The maximum atomic E-state index is 13.3. The molecule has 5 rings (SSSR count). The first-order valence-corrected chi connectivity index (χ1v) is 14.0. The van der Waals surface area contributed by atoms with E-state index in [1.807, 2.05) is 12.1 Å². The Morgan fingerprint density at radius 3 is 2.42 bits per heavy atom. The number of hydrogen-bond donors (Lipinski definition) is 1. The molecule has 43 heavy (non-hydrogen) atoms. The second-order valence-corrected chi connectivity index (χ2v) is 11.2. The van der Waals surface area contributed by atoms with Crippen molar-refractivity contribution in [1.29, 1.82) is 0 Å². The summed E-state index contributed by atoms with van der Waals surface area (Å²) in [7, 11) is 4.64. The fraction of sp³-hybridized carbons (Fsp3) is 0.226. The summed E-state index contributed by atoms with van der Waals surface area (Å²) >= 11 is 1.28. The summed E-state index contributed by atoms with van der Waals surface area (Å²) in [6.07, 6.45) is 0. The maximum Gasteiger partial charge on any atom is 0.353 e. The number of non-ortho nitro benzene ring substituents is 1. The van der Waals surface area contributed by atoms with E-state index >= 15 is 0 Å². The minimum Gasteiger partial charge on any atom is -0.496 e. The number of nitro groups is 1. The zero-order valence-corrected chi connectivity index (χ0v) is 24.9. The van der Waals surface area contributed by atoms with Crippen LogP contribution >= 0.6 is 11.3 Å². The number of carbonyl (C=O) groups excluding carboxylic acids is 2. The summed E-state index contributed by atoms with van der Waals surface area (Å²) in [5.41, 5.74) is 2.23. The molecule has 4 aromatic rings. The van der Waals surface area contributed by atoms with E-state index < -0.39 is 16.4 Å². The van der Waals surface area contributed by atoms with E-state index in [9.17, 15) is 19.7 Å². The molecule has 1 aliphatic heterocycles. The molecule has 2 heterocycles. The Morgan fingerprint density at radius 1 is 1.00 bits per heavy atom. The van der Waals surface area contributed by atoms with Crippen molar-refractivity contribution in [2.45, 2.75) is 26.0 Å². The predicted molar refractivity (Wildman–Crippen MR) is 163 cm³/mol. The number of methoxy groups -OCH3 is 2. The molecule has 222 valence electrons. The lowest BCUT2D eigenvalue weighted by molar-refractivity contribution is -0.385. The summed E-state index contributed by atoms with van der Waals surface area (Å²) in [4.78, 5) is 38.8. The zero-order valence-electron chi connectivity index (χ0n) is 24.1. The number of amides is 1. The van der Waals surface area contributed by atoms with Crippen molar-refractivity contribution < 1.29 is 33.5 Å². The number of rotatable bonds is 9. The number of thiophene rings is 1. The van der Waals surface area contributed by atoms with E-state index in [0.29, 0.717) is 50.2 Å². The molecule has 0 aliphatic carbocycles. The lowest BCUT2D eigenvalue weighted by Crippen LogP contribution is -2.52. The molecule has 3 aromatic carbocycles. The monoisotopic (exact) mass is 603 g/mol. The molecule has 0 saturated carbocycles. The Kier molecular flexibility index (Phi) is 7.96. The van der Waals surface area contributed by atoms with Crippen LogP contribution in [0.3, 0.4) is 0 Å². The number of nitrogens with one attached hydrogen (secondary N) is 1. The number of nitrogens with zero attached hydrogens (tertiary/aromatic N) is 2. The van der Waals surface area contributed by atoms with Gasteiger partial charge in [-0.1, -0.05) is 12.1 Å². The summed E-state index contributed by atoms with van der Waals surface area (Å²) in [5, 5.41) is 16.5. The lowest BCUT2D eigenvalue weighted by Gasteiger charge is -2.39. The van der Waals surface area contributed by atoms with Gasteiger partial charge in [-0.2, -0.15) is 0 Å². The van der Waals surface area contributed by atoms with Crippen LogP contribution in [0.15, 0.2) is 66.0 Å². The maximum absolute atomic E-state index is 13.3. The lowest BCUT2D eigenvalue weighted by atomic mass is 9.91. The highest BCUT2D eigenvalue weighted by molar-refractivity contribution is 7.12. The second-order valence-electron chi connectivity index (χ2n) is 10.2. The Hall–Kier alpha value is -5.10. The van der Waals surface area contributed by atoms with Crippen molar-refractivity contribution >= 4 is 40.3 Å². The number of ether oxygens (including phenoxy) is 4. The molecule has 0 saturated heterocycles. The van der Waals surface area contributed by atoms with Crippen LogP contribution in [-0.4, -0.2) is 43.6 Å². The van der Waals surface area contributed by atoms with Gasteiger partial charge in [0.15, 0.2) is 11.5 Å². The van der Waals surface area contributed by atoms with Crippen LogP contribution in [-0.2, 0) is 11.4 Å². The minimum absolute atomic E-state index is 0.0754. The number of carbonyl (C=O) groups is 2. The smallest absolute Gasteiger partial charge is 0.353 e. The van der Waals surface area contributed by atoms with E-state index in [4.69, 9.17) is 18.9 Å². The van der Waals surface area contributed by atoms with Crippen molar-refractivity contribution in [2.75, 3.05) is 31.5 Å². The van der Waals surface area contributed by atoms with Crippen LogP contribution in [0, 0.1) is 10.1 Å². The van der Waals surface area contributed by atoms with Crippen molar-refractivity contribution in [3.8, 4) is 34.1 Å². The average molecular weight is 604 g/mol. The topological polar surface area (TPSA) is 129 Å². The molecule has 11 nitrogen and oxygen atoms in total. The third kappa shape index (κ3) is 5.69. The molecule has 0 unspecified atom stereocenters. The van der Waals surface area contributed by atoms with Crippen LogP contribution in [0.5, 0.6) is 23.0 Å². The number of benzene rings is 3. The average Bonchev–Trinajstić information content (AvgIpc) is 3.54. The number of likely N-dealkylation sites (N-methyl/N-ethyl adjacent to an activating group) is 1. The van der Waals surface area contributed by atoms with Gasteiger partial charge in [0, 0.05) is 30.3 Å². The summed E-state index contributed by atoms with van der Waals surface area (Å²) in [5.74, 6) is 0.563. The number of esters is 1. The first-order chi connectivity index (χ1) is 20.5. The molecule has 0 radical (unpaired) electrons. The molecular formula is C31H29N3O8S. The van der Waals surface area contributed by atoms with Gasteiger partial charge < -0.3 is 29.2 Å². The van der Waals surface area contributed by atoms with E-state index in [-0.39, 0.29) is 24.0 Å². The van der Waals surface area contributed by atoms with E-state index in [1.54, 1.807) is 61.5 Å². The Balaban J connectivity index is 1.60. The van der Waals surface area contributed by atoms with Gasteiger partial charge in [-0.3, -0.25) is 14.9 Å². The van der Waals surface area contributed by atoms with Crippen molar-refractivity contribution in [2.24, 2.45) is 0 Å². The first kappa shape index (κ1) is 29.4. The van der Waals surface area contributed by atoms with Gasteiger partial charge in [-0.15, -0.1) is 11.3 Å². The second kappa shape index (κ2) is 11.6.